The van der Waals surface area contributed by atoms with Gasteiger partial charge in [-0.15, -0.1) is 0 Å². The summed E-state index contributed by atoms with van der Waals surface area (Å²) in [6.45, 7) is -0.626. The van der Waals surface area contributed by atoms with E-state index in [9.17, 15) is 28.8 Å². The van der Waals surface area contributed by atoms with Crippen LogP contribution in [0.15, 0.2) is 0 Å². The summed E-state index contributed by atoms with van der Waals surface area (Å²) in [4.78, 5) is 75.8. The summed E-state index contributed by atoms with van der Waals surface area (Å²) in [5.41, 5.74) is 0. The number of hydrogen-bond donors (Lipinski definition) is 12. The predicted molar refractivity (Wildman–Crippen MR) is 100 cm³/mol. The fraction of sp³-hybridized carbons (Fsp3) is 0.385. The average Bonchev–Trinajstić information content (AvgIpc) is 2.59. The Labute approximate surface area is 188 Å². The Bertz CT molecular complexity index is 620. The van der Waals surface area contributed by atoms with E-state index in [1.807, 2.05) is 0 Å². The molecule has 0 bridgehead atoms. The van der Waals surface area contributed by atoms with Crippen LogP contribution in [0.5, 0.6) is 0 Å². The molecular weight excluding hydrogens is 485 g/mol. The summed E-state index contributed by atoms with van der Waals surface area (Å²) >= 11 is 0. The van der Waals surface area contributed by atoms with E-state index >= 15 is 0 Å². The normalized spacial score (nSPS) is 8.09. The van der Waals surface area contributed by atoms with Gasteiger partial charge in [-0.1, -0.05) is 0 Å². The van der Waals surface area contributed by atoms with Gasteiger partial charge in [0.05, 0.1) is 25.9 Å². The average molecular weight is 507 g/mol. The lowest BCUT2D eigenvalue weighted by Gasteiger charge is -1.93. The van der Waals surface area contributed by atoms with Crippen molar-refractivity contribution in [3.8, 4) is 0 Å². The highest BCUT2D eigenvalue weighted by molar-refractivity contribution is 6.30. The van der Waals surface area contributed by atoms with Gasteiger partial charge in [0.1, 0.15) is 6.42 Å². The molecule has 0 unspecified atom stereocenters. The molecular formula is C13H22BNO19. The van der Waals surface area contributed by atoms with E-state index in [1.54, 1.807) is 0 Å². The van der Waals surface area contributed by atoms with Crippen LogP contribution < -0.4 is 5.32 Å². The monoisotopic (exact) mass is 507 g/mol. The van der Waals surface area contributed by atoms with E-state index in [4.69, 9.17) is 65.5 Å². The zero-order chi connectivity index (χ0) is 28.4. The Morgan fingerprint density at radius 2 is 0.706 bits per heavy atom. The summed E-state index contributed by atoms with van der Waals surface area (Å²) in [6.07, 6.45) is -1.40. The minimum absolute atomic E-state index is 0.296. The molecule has 0 saturated heterocycles. The summed E-state index contributed by atoms with van der Waals surface area (Å²) in [5, 5.41) is 85.6. The van der Waals surface area contributed by atoms with Crippen LogP contribution in [0.2, 0.25) is 0 Å². The van der Waals surface area contributed by atoms with Crippen LogP contribution in [0.3, 0.4) is 0 Å². The van der Waals surface area contributed by atoms with Crippen molar-refractivity contribution in [2.45, 2.75) is 19.3 Å². The molecule has 21 heteroatoms. The van der Waals surface area contributed by atoms with E-state index in [-0.39, 0.29) is 25.9 Å². The van der Waals surface area contributed by atoms with Gasteiger partial charge in [-0.3, -0.25) is 34.1 Å². The summed E-state index contributed by atoms with van der Waals surface area (Å²) < 4.78 is 0. The molecule has 0 fully saturated rings. The van der Waals surface area contributed by atoms with Crippen LogP contribution in [0.4, 0.5) is 0 Å². The maximum Gasteiger partial charge on any atom is 0.631 e. The van der Waals surface area contributed by atoms with Gasteiger partial charge in [0.2, 0.25) is 0 Å². The maximum absolute atomic E-state index is 9.73. The van der Waals surface area contributed by atoms with Crippen molar-refractivity contribution in [3.63, 3.8) is 0 Å². The molecule has 0 aromatic carbocycles. The largest absolute Gasteiger partial charge is 0.631 e. The topological polar surface area (TPSA) is 371 Å². The Morgan fingerprint density at radius 3 is 0.794 bits per heavy atom. The quantitative estimate of drug-likeness (QED) is 0.0792. The van der Waals surface area contributed by atoms with Gasteiger partial charge in [-0.05, 0) is 0 Å². The zero-order valence-corrected chi connectivity index (χ0v) is 16.8. The van der Waals surface area contributed by atoms with Crippen LogP contribution in [0.1, 0.15) is 19.3 Å². The Kier molecular flexibility index (Phi) is 31.5. The SMILES string of the molecule is O=C(O)C(=O)O.O=C(O)CC(=O)O.O=C(O)CCC(=O)O.O=C(O)CNCC(=O)O.OB(O)O. The third kappa shape index (κ3) is 91.5. The van der Waals surface area contributed by atoms with Gasteiger partial charge in [0.15, 0.2) is 0 Å². The van der Waals surface area contributed by atoms with Crippen molar-refractivity contribution in [2.24, 2.45) is 0 Å². The van der Waals surface area contributed by atoms with E-state index in [1.165, 1.54) is 0 Å². The van der Waals surface area contributed by atoms with Crippen molar-refractivity contribution in [1.82, 2.24) is 5.32 Å². The molecule has 0 amide bonds. The molecule has 34 heavy (non-hydrogen) atoms. The second-order valence-corrected chi connectivity index (χ2v) is 4.60. The van der Waals surface area contributed by atoms with Crippen LogP contribution in [-0.2, 0) is 38.4 Å². The number of rotatable bonds is 9. The highest BCUT2D eigenvalue weighted by atomic mass is 16.5. The van der Waals surface area contributed by atoms with Crippen LogP contribution >= 0.6 is 0 Å². The smallest absolute Gasteiger partial charge is 0.481 e. The molecule has 0 rings (SSSR count). The standard InChI is InChI=1S/C4H7NO4.C4H6O4.C3H4O4.C2H2O4.BH3O3/c6-3(7)1-5-2-4(8)9;5-3(6)1-2-4(7)8;4-2(5)1-3(6)7;3-1(4)2(5)6;2-1(3)4/h5H,1-2H2,(H,6,7)(H,8,9);1-2H2,(H,5,6)(H,7,8);1H2,(H,4,5)(H,6,7);(H,3,4)(H,5,6);2-4H. The second kappa shape index (κ2) is 26.7. The van der Waals surface area contributed by atoms with Crippen LogP contribution in [0.25, 0.3) is 0 Å². The molecule has 0 aromatic heterocycles. The molecule has 0 saturated carbocycles. The van der Waals surface area contributed by atoms with Crippen molar-refractivity contribution >= 4 is 55.1 Å². The molecule has 12 N–H and O–H groups in total. The van der Waals surface area contributed by atoms with Gasteiger partial charge in [-0.25, -0.2) is 9.59 Å². The molecule has 0 aliphatic carbocycles. The Balaban J connectivity index is -0.000000105. The van der Waals surface area contributed by atoms with Crippen molar-refractivity contribution in [1.29, 1.82) is 0 Å². The number of hydrogen-bond acceptors (Lipinski definition) is 12. The first-order valence-corrected chi connectivity index (χ1v) is 7.77. The summed E-state index contributed by atoms with van der Waals surface area (Å²) in [6, 6.07) is 0. The summed E-state index contributed by atoms with van der Waals surface area (Å²) in [5.74, 6) is -10.5. The van der Waals surface area contributed by atoms with Crippen molar-refractivity contribution < 1.29 is 94.3 Å². The third-order valence-electron chi connectivity index (χ3n) is 1.59. The third-order valence-corrected chi connectivity index (χ3v) is 1.59. The Hall–Kier alpha value is -4.34. The zero-order valence-electron chi connectivity index (χ0n) is 16.8. The van der Waals surface area contributed by atoms with Gasteiger partial charge in [0.25, 0.3) is 0 Å². The number of carbonyl (C=O) groups is 8. The van der Waals surface area contributed by atoms with Gasteiger partial charge in [-0.2, -0.15) is 0 Å². The van der Waals surface area contributed by atoms with Gasteiger partial charge < -0.3 is 55.9 Å². The van der Waals surface area contributed by atoms with E-state index < -0.39 is 61.5 Å². The number of carboxylic acid groups (broad SMARTS) is 8. The first-order valence-electron chi connectivity index (χ1n) is 7.77. The van der Waals surface area contributed by atoms with E-state index in [0.717, 1.165) is 0 Å². The number of aliphatic carboxylic acids is 8. The number of carboxylic acids is 8. The number of nitrogens with one attached hydrogen (secondary N) is 1. The minimum Gasteiger partial charge on any atom is -0.481 e. The molecule has 0 aliphatic rings. The highest BCUT2D eigenvalue weighted by Crippen LogP contribution is 1.86. The molecule has 0 spiro atoms. The molecule has 0 aliphatic heterocycles. The first-order chi connectivity index (χ1) is 15.3. The predicted octanol–water partition coefficient (Wildman–Crippen LogP) is -4.67. The second-order valence-electron chi connectivity index (χ2n) is 4.60. The highest BCUT2D eigenvalue weighted by Gasteiger charge is 2.04. The fourth-order valence-electron chi connectivity index (χ4n) is 0.620. The van der Waals surface area contributed by atoms with Crippen molar-refractivity contribution in [2.75, 3.05) is 13.1 Å². The summed E-state index contributed by atoms with van der Waals surface area (Å²) in [7, 11) is -2.17. The molecule has 196 valence electrons. The molecule has 20 nitrogen and oxygen atoms in total. The lowest BCUT2D eigenvalue weighted by molar-refractivity contribution is -0.159. The molecule has 0 atom stereocenters. The lowest BCUT2D eigenvalue weighted by Crippen LogP contribution is -2.27. The lowest BCUT2D eigenvalue weighted by atomic mass is 10.3. The fourth-order valence-corrected chi connectivity index (χ4v) is 0.620. The molecule has 0 radical (unpaired) electrons. The maximum atomic E-state index is 9.73. The Morgan fingerprint density at radius 1 is 0.471 bits per heavy atom. The van der Waals surface area contributed by atoms with Gasteiger partial charge >= 0.3 is 55.1 Å². The molecule has 0 heterocycles. The van der Waals surface area contributed by atoms with Crippen LogP contribution in [-0.4, -0.2) is 124 Å². The first kappa shape index (κ1) is 40.1. The van der Waals surface area contributed by atoms with E-state index in [0.29, 0.717) is 0 Å². The van der Waals surface area contributed by atoms with Crippen molar-refractivity contribution in [3.05, 3.63) is 0 Å². The van der Waals surface area contributed by atoms with Gasteiger partial charge in [0, 0.05) is 0 Å². The van der Waals surface area contributed by atoms with E-state index in [2.05, 4.69) is 5.32 Å². The minimum atomic E-state index is -2.17. The van der Waals surface area contributed by atoms with Crippen LogP contribution in [0, 0.1) is 0 Å². The molecule has 0 aromatic rings.